The van der Waals surface area contributed by atoms with Crippen LogP contribution in [0.2, 0.25) is 45.8 Å². The van der Waals surface area contributed by atoms with Crippen molar-refractivity contribution in [2.24, 2.45) is 0 Å². The summed E-state index contributed by atoms with van der Waals surface area (Å²) in [5.41, 5.74) is 5.91. The summed E-state index contributed by atoms with van der Waals surface area (Å²) in [7, 11) is -5.42. The van der Waals surface area contributed by atoms with E-state index in [0.29, 0.717) is 0 Å². The third-order valence-corrected chi connectivity index (χ3v) is 21.7. The van der Waals surface area contributed by atoms with Crippen molar-refractivity contribution < 1.29 is 0 Å². The molecule has 0 N–H and O–H groups in total. The molecule has 0 aromatic heterocycles. The minimum Gasteiger partial charge on any atom is -0.0746 e. The Balaban J connectivity index is 2.24. The lowest BCUT2D eigenvalue weighted by Gasteiger charge is -2.41. The highest BCUT2D eigenvalue weighted by atomic mass is 28.4. The van der Waals surface area contributed by atoms with Crippen molar-refractivity contribution in [3.8, 4) is 0 Å². The Morgan fingerprint density at radius 1 is 0.469 bits per heavy atom. The lowest BCUT2D eigenvalue weighted by Crippen LogP contribution is -2.58. The van der Waals surface area contributed by atoms with Crippen LogP contribution in [0, 0.1) is 0 Å². The first kappa shape index (κ1) is 23.0. The van der Waals surface area contributed by atoms with Gasteiger partial charge in [0.1, 0.15) is 8.07 Å². The van der Waals surface area contributed by atoms with Gasteiger partial charge in [0.2, 0.25) is 0 Å². The van der Waals surface area contributed by atoms with Crippen molar-refractivity contribution >= 4 is 40.6 Å². The summed E-state index contributed by atoms with van der Waals surface area (Å²) in [4.78, 5) is 3.64. The Morgan fingerprint density at radius 2 is 0.781 bits per heavy atom. The Kier molecular flexibility index (Phi) is 5.95. The monoisotopic (exact) mass is 468 g/mol. The summed E-state index contributed by atoms with van der Waals surface area (Å²) < 4.78 is 0. The molecule has 0 aliphatic carbocycles. The van der Waals surface area contributed by atoms with Crippen LogP contribution in [0.1, 0.15) is 11.1 Å². The molecule has 0 fully saturated rings. The van der Waals surface area contributed by atoms with Crippen molar-refractivity contribution in [2.45, 2.75) is 45.8 Å². The quantitative estimate of drug-likeness (QED) is 0.336. The molecule has 3 aromatic rings. The van der Waals surface area contributed by atoms with E-state index in [0.717, 1.165) is 0 Å². The van der Waals surface area contributed by atoms with Gasteiger partial charge >= 0.3 is 0 Å². The smallest absolute Gasteiger partial charge is 0.0746 e. The van der Waals surface area contributed by atoms with Crippen LogP contribution in [-0.2, 0) is 0 Å². The van der Waals surface area contributed by atoms with Crippen LogP contribution >= 0.6 is 0 Å². The third kappa shape index (κ3) is 3.87. The van der Waals surface area contributed by atoms with E-state index >= 15 is 0 Å². The molecule has 0 bridgehead atoms. The van der Waals surface area contributed by atoms with Gasteiger partial charge in [0.05, 0.1) is 16.1 Å². The van der Waals surface area contributed by atoms with E-state index < -0.39 is 24.2 Å². The molecule has 0 saturated heterocycles. The van der Waals surface area contributed by atoms with Gasteiger partial charge in [-0.1, -0.05) is 152 Å². The molecule has 1 aliphatic heterocycles. The van der Waals surface area contributed by atoms with Crippen LogP contribution in [0.4, 0.5) is 0 Å². The fourth-order valence-electron chi connectivity index (χ4n) is 5.97. The predicted molar refractivity (Wildman–Crippen MR) is 151 cm³/mol. The van der Waals surface area contributed by atoms with Gasteiger partial charge in [-0.2, -0.15) is 0 Å². The highest BCUT2D eigenvalue weighted by molar-refractivity contribution is 7.24. The molecule has 0 spiro atoms. The maximum Gasteiger partial charge on any atom is 0.130 e. The first-order chi connectivity index (χ1) is 15.1. The molecule has 32 heavy (non-hydrogen) atoms. The molecule has 0 unspecified atom stereocenters. The Bertz CT molecular complexity index is 1090. The second-order valence-corrected chi connectivity index (χ2v) is 26.1. The van der Waals surface area contributed by atoms with E-state index in [-0.39, 0.29) is 0 Å². The van der Waals surface area contributed by atoms with Crippen LogP contribution in [0.5, 0.6) is 0 Å². The Hall–Kier alpha value is -2.21. The Morgan fingerprint density at radius 3 is 1.09 bits per heavy atom. The second kappa shape index (κ2) is 8.29. The summed E-state index contributed by atoms with van der Waals surface area (Å²) in [5, 5.41) is 1.58. The summed E-state index contributed by atoms with van der Waals surface area (Å²) in [5.74, 6) is 0. The molecule has 0 atom stereocenters. The first-order valence-corrected chi connectivity index (χ1v) is 21.2. The number of hydrogen-bond acceptors (Lipinski definition) is 0. The van der Waals surface area contributed by atoms with E-state index in [4.69, 9.17) is 0 Å². The maximum atomic E-state index is 2.67. The van der Waals surface area contributed by atoms with Crippen LogP contribution in [0.25, 0.3) is 11.1 Å². The molecular weight excluding hydrogens is 433 g/mol. The standard InChI is InChI=1S/C29H36Si3/c1-30(2,3)28-26(23-17-11-8-12-18-23)27(24-19-13-9-14-20-24)29(31(4,5)6)32(28,7)25-21-15-10-16-22-25/h8-22H,1-7H3. The average molecular weight is 469 g/mol. The number of hydrogen-bond donors (Lipinski definition) is 0. The van der Waals surface area contributed by atoms with Gasteiger partial charge < -0.3 is 0 Å². The van der Waals surface area contributed by atoms with Crippen LogP contribution in [0.15, 0.2) is 101 Å². The first-order valence-electron chi connectivity index (χ1n) is 11.7. The largest absolute Gasteiger partial charge is 0.130 e. The minimum atomic E-state index is -2.10. The van der Waals surface area contributed by atoms with E-state index in [1.165, 1.54) is 11.1 Å². The molecule has 1 heterocycles. The number of benzene rings is 3. The zero-order valence-corrected chi connectivity index (χ0v) is 23.7. The summed E-state index contributed by atoms with van der Waals surface area (Å²) in [6.07, 6.45) is 0. The van der Waals surface area contributed by atoms with Crippen molar-refractivity contribution in [2.75, 3.05) is 0 Å². The second-order valence-electron chi connectivity index (χ2n) is 11.2. The molecule has 3 aromatic carbocycles. The SMILES string of the molecule is C[Si](C)(C)C1=C(c2ccccc2)C(c2ccccc2)=C([Si](C)(C)C)[Si]1(C)c1ccccc1. The number of allylic oxidation sites excluding steroid dienone is 2. The van der Waals surface area contributed by atoms with Gasteiger partial charge in [-0.3, -0.25) is 0 Å². The lowest BCUT2D eigenvalue weighted by molar-refractivity contribution is 1.58. The molecule has 0 amide bonds. The zero-order chi connectivity index (χ0) is 23.1. The van der Waals surface area contributed by atoms with E-state index in [9.17, 15) is 0 Å². The molecule has 4 rings (SSSR count). The van der Waals surface area contributed by atoms with Crippen LogP contribution in [-0.4, -0.2) is 24.2 Å². The Labute approximate surface area is 197 Å². The molecule has 164 valence electrons. The van der Waals surface area contributed by atoms with Gasteiger partial charge in [-0.25, -0.2) is 0 Å². The van der Waals surface area contributed by atoms with Crippen molar-refractivity contribution in [1.29, 1.82) is 0 Å². The fraction of sp³-hybridized carbons (Fsp3) is 0.241. The van der Waals surface area contributed by atoms with E-state index in [1.54, 1.807) is 16.3 Å². The van der Waals surface area contributed by atoms with E-state index in [1.807, 2.05) is 9.64 Å². The summed E-state index contributed by atoms with van der Waals surface area (Å²) in [6, 6.07) is 34.0. The van der Waals surface area contributed by atoms with Crippen molar-refractivity contribution in [3.63, 3.8) is 0 Å². The molecule has 0 nitrogen and oxygen atoms in total. The highest BCUT2D eigenvalue weighted by Gasteiger charge is 2.53. The highest BCUT2D eigenvalue weighted by Crippen LogP contribution is 2.53. The fourth-order valence-corrected chi connectivity index (χ4v) is 25.2. The minimum absolute atomic E-state index is 1.40. The number of rotatable bonds is 5. The zero-order valence-electron chi connectivity index (χ0n) is 20.7. The predicted octanol–water partition coefficient (Wildman–Crippen LogP) is 7.73. The molecular formula is C29H36Si3. The molecule has 0 saturated carbocycles. The van der Waals surface area contributed by atoms with Gasteiger partial charge in [0, 0.05) is 0 Å². The summed E-state index contributed by atoms with van der Waals surface area (Å²) >= 11 is 0. The summed E-state index contributed by atoms with van der Waals surface area (Å²) in [6.45, 7) is 18.1. The maximum absolute atomic E-state index is 2.67. The topological polar surface area (TPSA) is 0 Å². The van der Waals surface area contributed by atoms with Crippen molar-refractivity contribution in [1.82, 2.24) is 0 Å². The third-order valence-electron chi connectivity index (χ3n) is 6.73. The van der Waals surface area contributed by atoms with Crippen molar-refractivity contribution in [3.05, 3.63) is 112 Å². The van der Waals surface area contributed by atoms with Crippen LogP contribution < -0.4 is 5.19 Å². The average Bonchev–Trinajstić information content (AvgIpc) is 3.07. The van der Waals surface area contributed by atoms with E-state index in [2.05, 4.69) is 137 Å². The van der Waals surface area contributed by atoms with Crippen LogP contribution in [0.3, 0.4) is 0 Å². The van der Waals surface area contributed by atoms with Gasteiger partial charge in [-0.15, -0.1) is 0 Å². The normalized spacial score (nSPS) is 16.6. The van der Waals surface area contributed by atoms with Gasteiger partial charge in [-0.05, 0) is 22.3 Å². The lowest BCUT2D eigenvalue weighted by atomic mass is 9.95. The van der Waals surface area contributed by atoms with Gasteiger partial charge in [0.15, 0.2) is 0 Å². The molecule has 3 heteroatoms. The molecule has 1 aliphatic rings. The van der Waals surface area contributed by atoms with Gasteiger partial charge in [0.25, 0.3) is 0 Å². The molecule has 0 radical (unpaired) electrons.